The maximum absolute atomic E-state index is 12.6. The van der Waals surface area contributed by atoms with Crippen LogP contribution in [0.25, 0.3) is 0 Å². The van der Waals surface area contributed by atoms with Crippen molar-refractivity contribution >= 4 is 33.4 Å². The van der Waals surface area contributed by atoms with Crippen LogP contribution >= 0.6 is 11.8 Å². The van der Waals surface area contributed by atoms with Crippen molar-refractivity contribution in [1.82, 2.24) is 4.72 Å². The second-order valence-corrected chi connectivity index (χ2v) is 8.00. The minimum absolute atomic E-state index is 0.0562. The number of hydrogen-bond donors (Lipinski definition) is 2. The minimum Gasteiger partial charge on any atom is -0.495 e. The van der Waals surface area contributed by atoms with Gasteiger partial charge in [0.1, 0.15) is 10.6 Å². The van der Waals surface area contributed by atoms with E-state index in [0.29, 0.717) is 18.7 Å². The Morgan fingerprint density at radius 1 is 1.19 bits per heavy atom. The quantitative estimate of drug-likeness (QED) is 0.671. The zero-order valence-electron chi connectivity index (χ0n) is 14.9. The highest BCUT2D eigenvalue weighted by molar-refractivity contribution is 7.98. The zero-order valence-corrected chi connectivity index (χ0v) is 16.5. The second kappa shape index (κ2) is 9.07. The van der Waals surface area contributed by atoms with Crippen molar-refractivity contribution in [2.75, 3.05) is 25.2 Å². The van der Waals surface area contributed by atoms with Crippen LogP contribution in [0.5, 0.6) is 5.75 Å². The van der Waals surface area contributed by atoms with Crippen LogP contribution in [0.3, 0.4) is 0 Å². The van der Waals surface area contributed by atoms with E-state index in [9.17, 15) is 13.2 Å². The van der Waals surface area contributed by atoms with Gasteiger partial charge in [0.15, 0.2) is 0 Å². The number of para-hydroxylation sites is 1. The highest BCUT2D eigenvalue weighted by Gasteiger charge is 2.21. The molecule has 0 atom stereocenters. The summed E-state index contributed by atoms with van der Waals surface area (Å²) in [7, 11) is -2.37. The number of rotatable bonds is 8. The third-order valence-corrected chi connectivity index (χ3v) is 5.89. The topological polar surface area (TPSA) is 84.5 Å². The first-order valence-corrected chi connectivity index (χ1v) is 10.8. The first kappa shape index (κ1) is 20.3. The molecule has 8 heteroatoms. The van der Waals surface area contributed by atoms with Gasteiger partial charge in [0.2, 0.25) is 10.0 Å². The molecule has 0 spiro atoms. The lowest BCUT2D eigenvalue weighted by atomic mass is 10.2. The highest BCUT2D eigenvalue weighted by Crippen LogP contribution is 2.27. The first-order chi connectivity index (χ1) is 12.4. The number of methoxy groups -OCH3 is 1. The number of nitrogens with one attached hydrogen (secondary N) is 2. The first-order valence-electron chi connectivity index (χ1n) is 8.05. The lowest BCUT2D eigenvalue weighted by molar-refractivity contribution is 0.102. The van der Waals surface area contributed by atoms with Crippen LogP contribution < -0.4 is 14.8 Å². The van der Waals surface area contributed by atoms with Gasteiger partial charge in [-0.2, -0.15) is 0 Å². The summed E-state index contributed by atoms with van der Waals surface area (Å²) in [6.07, 6.45) is 2.58. The predicted molar refractivity (Wildman–Crippen MR) is 105 cm³/mol. The highest BCUT2D eigenvalue weighted by atomic mass is 32.2. The number of carbonyl (C=O) groups is 1. The molecule has 0 aromatic heterocycles. The molecule has 1 amide bonds. The molecule has 2 aromatic rings. The molecule has 0 aliphatic heterocycles. The number of ether oxygens (including phenoxy) is 1. The molecule has 26 heavy (non-hydrogen) atoms. The summed E-state index contributed by atoms with van der Waals surface area (Å²) in [5.74, 6) is -0.198. The standard InChI is InChI=1S/C18H22N2O4S2/c1-4-11-19-26(22,23)17-12-13(9-10-15(17)24-2)18(21)20-14-7-5-6-8-16(14)25-3/h5-10,12,19H,4,11H2,1-3H3,(H,20,21). The Bertz CT molecular complexity index is 883. The van der Waals surface area contributed by atoms with E-state index in [1.807, 2.05) is 31.4 Å². The Kier molecular flexibility index (Phi) is 7.07. The molecule has 2 N–H and O–H groups in total. The fraction of sp³-hybridized carbons (Fsp3) is 0.278. The molecule has 0 saturated carbocycles. The van der Waals surface area contributed by atoms with Gasteiger partial charge in [0.05, 0.1) is 12.8 Å². The molecule has 0 radical (unpaired) electrons. The van der Waals surface area contributed by atoms with E-state index < -0.39 is 10.0 Å². The normalized spacial score (nSPS) is 11.2. The molecule has 2 rings (SSSR count). The SMILES string of the molecule is CCCNS(=O)(=O)c1cc(C(=O)Nc2ccccc2SC)ccc1OC. The van der Waals surface area contributed by atoms with Gasteiger partial charge in [0.25, 0.3) is 5.91 Å². The van der Waals surface area contributed by atoms with Gasteiger partial charge in [-0.1, -0.05) is 19.1 Å². The summed E-state index contributed by atoms with van der Waals surface area (Å²) >= 11 is 1.51. The summed E-state index contributed by atoms with van der Waals surface area (Å²) in [6, 6.07) is 11.8. The number of benzene rings is 2. The molecule has 0 aliphatic rings. The van der Waals surface area contributed by atoms with E-state index in [-0.39, 0.29) is 22.1 Å². The van der Waals surface area contributed by atoms with Crippen molar-refractivity contribution in [3.63, 3.8) is 0 Å². The van der Waals surface area contributed by atoms with Crippen molar-refractivity contribution in [3.05, 3.63) is 48.0 Å². The van der Waals surface area contributed by atoms with Crippen molar-refractivity contribution < 1.29 is 17.9 Å². The summed E-state index contributed by atoms with van der Waals surface area (Å²) in [6.45, 7) is 2.18. The zero-order chi connectivity index (χ0) is 19.2. The third kappa shape index (κ3) is 4.78. The van der Waals surface area contributed by atoms with E-state index in [1.54, 1.807) is 6.07 Å². The van der Waals surface area contributed by atoms with Gasteiger partial charge < -0.3 is 10.1 Å². The minimum atomic E-state index is -3.77. The molecule has 0 unspecified atom stereocenters. The number of anilines is 1. The summed E-state index contributed by atoms with van der Waals surface area (Å²) in [5, 5.41) is 2.82. The van der Waals surface area contributed by atoms with Crippen molar-refractivity contribution in [2.45, 2.75) is 23.1 Å². The van der Waals surface area contributed by atoms with E-state index in [0.717, 1.165) is 4.90 Å². The smallest absolute Gasteiger partial charge is 0.255 e. The van der Waals surface area contributed by atoms with E-state index >= 15 is 0 Å². The Balaban J connectivity index is 2.35. The van der Waals surface area contributed by atoms with Crippen LogP contribution in [0.4, 0.5) is 5.69 Å². The second-order valence-electron chi connectivity index (χ2n) is 5.42. The van der Waals surface area contributed by atoms with Gasteiger partial charge in [-0.05, 0) is 43.0 Å². The Morgan fingerprint density at radius 2 is 1.92 bits per heavy atom. The van der Waals surface area contributed by atoms with E-state index in [4.69, 9.17) is 4.74 Å². The van der Waals surface area contributed by atoms with Crippen LogP contribution in [-0.2, 0) is 10.0 Å². The lowest BCUT2D eigenvalue weighted by Crippen LogP contribution is -2.25. The van der Waals surface area contributed by atoms with Crippen molar-refractivity contribution in [3.8, 4) is 5.75 Å². The maximum atomic E-state index is 12.6. The lowest BCUT2D eigenvalue weighted by Gasteiger charge is -2.13. The van der Waals surface area contributed by atoms with Crippen LogP contribution in [0.15, 0.2) is 52.3 Å². The number of amides is 1. The number of hydrogen-bond acceptors (Lipinski definition) is 5. The third-order valence-electron chi connectivity index (χ3n) is 3.61. The fourth-order valence-corrected chi connectivity index (χ4v) is 4.16. The molecule has 140 valence electrons. The Hall–Kier alpha value is -2.03. The van der Waals surface area contributed by atoms with E-state index in [2.05, 4.69) is 10.0 Å². The van der Waals surface area contributed by atoms with E-state index in [1.165, 1.54) is 37.1 Å². The average molecular weight is 395 g/mol. The number of thioether (sulfide) groups is 1. The fourth-order valence-electron chi connectivity index (χ4n) is 2.28. The summed E-state index contributed by atoms with van der Waals surface area (Å²) < 4.78 is 32.6. The average Bonchev–Trinajstić information content (AvgIpc) is 2.66. The van der Waals surface area contributed by atoms with Gasteiger partial charge in [-0.15, -0.1) is 11.8 Å². The van der Waals surface area contributed by atoms with Gasteiger partial charge in [0, 0.05) is 17.0 Å². The molecule has 0 bridgehead atoms. The van der Waals surface area contributed by atoms with Crippen LogP contribution in [0.1, 0.15) is 23.7 Å². The molecular formula is C18H22N2O4S2. The van der Waals surface area contributed by atoms with Crippen LogP contribution in [0.2, 0.25) is 0 Å². The monoisotopic (exact) mass is 394 g/mol. The maximum Gasteiger partial charge on any atom is 0.255 e. The molecule has 0 heterocycles. The largest absolute Gasteiger partial charge is 0.495 e. The van der Waals surface area contributed by atoms with Crippen molar-refractivity contribution in [1.29, 1.82) is 0 Å². The number of carbonyl (C=O) groups excluding carboxylic acids is 1. The predicted octanol–water partition coefficient (Wildman–Crippen LogP) is 3.36. The molecule has 6 nitrogen and oxygen atoms in total. The number of sulfonamides is 1. The molecule has 0 fully saturated rings. The van der Waals surface area contributed by atoms with Gasteiger partial charge >= 0.3 is 0 Å². The summed E-state index contributed by atoms with van der Waals surface area (Å²) in [4.78, 5) is 13.5. The molecule has 0 aliphatic carbocycles. The van der Waals surface area contributed by atoms with Crippen molar-refractivity contribution in [2.24, 2.45) is 0 Å². The molecular weight excluding hydrogens is 372 g/mol. The van der Waals surface area contributed by atoms with Gasteiger partial charge in [-0.25, -0.2) is 13.1 Å². The molecule has 0 saturated heterocycles. The Labute approximate surface area is 158 Å². The van der Waals surface area contributed by atoms with Crippen LogP contribution in [-0.4, -0.2) is 34.2 Å². The summed E-state index contributed by atoms with van der Waals surface area (Å²) in [5.41, 5.74) is 0.910. The Morgan fingerprint density at radius 3 is 2.58 bits per heavy atom. The molecule has 2 aromatic carbocycles. The van der Waals surface area contributed by atoms with Crippen LogP contribution in [0, 0.1) is 0 Å². The van der Waals surface area contributed by atoms with Gasteiger partial charge in [-0.3, -0.25) is 4.79 Å².